The van der Waals surface area contributed by atoms with E-state index in [0.29, 0.717) is 29.4 Å². The van der Waals surface area contributed by atoms with Crippen molar-refractivity contribution in [3.63, 3.8) is 0 Å². The van der Waals surface area contributed by atoms with Crippen LogP contribution in [-0.2, 0) is 10.0 Å². The van der Waals surface area contributed by atoms with Crippen molar-refractivity contribution in [1.82, 2.24) is 14.1 Å². The molecular weight excluding hydrogens is 410 g/mol. The number of fused-ring (bicyclic) bond motifs is 1. The van der Waals surface area contributed by atoms with Crippen molar-refractivity contribution in [2.45, 2.75) is 50.3 Å². The number of aryl methyl sites for hydroxylation is 1. The summed E-state index contributed by atoms with van der Waals surface area (Å²) < 4.78 is 41.2. The van der Waals surface area contributed by atoms with E-state index in [2.05, 4.69) is 11.2 Å². The van der Waals surface area contributed by atoms with Crippen molar-refractivity contribution in [1.29, 1.82) is 0 Å². The molecule has 0 radical (unpaired) electrons. The molecule has 9 heteroatoms. The van der Waals surface area contributed by atoms with Crippen molar-refractivity contribution in [3.8, 4) is 11.5 Å². The highest BCUT2D eigenvalue weighted by atomic mass is 32.2. The maximum absolute atomic E-state index is 13.4. The van der Waals surface area contributed by atoms with Gasteiger partial charge in [-0.3, -0.25) is 4.68 Å². The van der Waals surface area contributed by atoms with Crippen LogP contribution in [0.4, 0.5) is 0 Å². The third-order valence-electron chi connectivity index (χ3n) is 5.41. The lowest BCUT2D eigenvalue weighted by atomic mass is 10.1. The molecule has 0 unspecified atom stereocenters. The number of hydrogen-bond donors (Lipinski definition) is 0. The molecule has 1 saturated heterocycles. The van der Waals surface area contributed by atoms with Crippen LogP contribution in [-0.4, -0.2) is 48.1 Å². The third-order valence-corrected chi connectivity index (χ3v) is 8.89. The molecule has 0 spiro atoms. The SMILES string of the molecule is Cc1nn(C(C)C)c(C)c1S(=O)(=O)N1CCS[C@H](c2ccc3c(c2)OCO3)CC1. The van der Waals surface area contributed by atoms with E-state index < -0.39 is 10.0 Å². The lowest BCUT2D eigenvalue weighted by molar-refractivity contribution is 0.174. The number of aromatic nitrogens is 2. The van der Waals surface area contributed by atoms with Crippen molar-refractivity contribution < 1.29 is 17.9 Å². The van der Waals surface area contributed by atoms with Crippen LogP contribution in [0.3, 0.4) is 0 Å². The van der Waals surface area contributed by atoms with Crippen LogP contribution in [0.15, 0.2) is 23.1 Å². The van der Waals surface area contributed by atoms with E-state index >= 15 is 0 Å². The Morgan fingerprint density at radius 2 is 1.93 bits per heavy atom. The topological polar surface area (TPSA) is 73.7 Å². The van der Waals surface area contributed by atoms with Gasteiger partial charge in [-0.25, -0.2) is 8.42 Å². The minimum absolute atomic E-state index is 0.118. The Balaban J connectivity index is 1.55. The Hall–Kier alpha value is -1.71. The second kappa shape index (κ2) is 7.85. The highest BCUT2D eigenvalue weighted by molar-refractivity contribution is 7.99. The number of rotatable bonds is 4. The summed E-state index contributed by atoms with van der Waals surface area (Å²) in [4.78, 5) is 0.359. The standard InChI is InChI=1S/C20H27N3O4S2/c1-13(2)23-15(4)20(14(3)21-23)29(24,25)22-8-7-19(28-10-9-22)16-5-6-17-18(11-16)27-12-26-17/h5-6,11,13,19H,7-10,12H2,1-4H3/t19-/m0/s1. The number of hydrogen-bond acceptors (Lipinski definition) is 6. The lowest BCUT2D eigenvalue weighted by Gasteiger charge is -2.20. The van der Waals surface area contributed by atoms with E-state index in [1.54, 1.807) is 27.7 Å². The van der Waals surface area contributed by atoms with E-state index in [0.717, 1.165) is 29.2 Å². The van der Waals surface area contributed by atoms with Crippen LogP contribution in [0.2, 0.25) is 0 Å². The molecule has 0 amide bonds. The molecule has 0 bridgehead atoms. The van der Waals surface area contributed by atoms with Gasteiger partial charge in [0.15, 0.2) is 11.5 Å². The van der Waals surface area contributed by atoms with Gasteiger partial charge in [-0.1, -0.05) is 6.07 Å². The molecule has 4 rings (SSSR count). The number of ether oxygens (including phenoxy) is 2. The first-order valence-electron chi connectivity index (χ1n) is 9.86. The van der Waals surface area contributed by atoms with Crippen molar-refractivity contribution in [2.75, 3.05) is 25.6 Å². The Morgan fingerprint density at radius 3 is 2.66 bits per heavy atom. The van der Waals surface area contributed by atoms with Gasteiger partial charge < -0.3 is 9.47 Å². The summed E-state index contributed by atoms with van der Waals surface area (Å²) in [5.41, 5.74) is 2.43. The zero-order valence-electron chi connectivity index (χ0n) is 17.2. The second-order valence-electron chi connectivity index (χ2n) is 7.70. The highest BCUT2D eigenvalue weighted by Crippen LogP contribution is 2.41. The average molecular weight is 438 g/mol. The maximum atomic E-state index is 13.4. The van der Waals surface area contributed by atoms with Gasteiger partial charge in [0, 0.05) is 30.1 Å². The number of thioether (sulfide) groups is 1. The first-order valence-corrected chi connectivity index (χ1v) is 12.3. The fourth-order valence-electron chi connectivity index (χ4n) is 4.02. The fraction of sp³-hybridized carbons (Fsp3) is 0.550. The monoisotopic (exact) mass is 437 g/mol. The largest absolute Gasteiger partial charge is 0.454 e. The second-order valence-corrected chi connectivity index (χ2v) is 10.9. The van der Waals surface area contributed by atoms with Gasteiger partial charge >= 0.3 is 0 Å². The minimum atomic E-state index is -3.58. The van der Waals surface area contributed by atoms with Gasteiger partial charge in [-0.2, -0.15) is 21.2 Å². The first-order chi connectivity index (χ1) is 13.8. The molecule has 1 aromatic carbocycles. The van der Waals surface area contributed by atoms with Gasteiger partial charge in [0.2, 0.25) is 16.8 Å². The van der Waals surface area contributed by atoms with Gasteiger partial charge in [-0.05, 0) is 51.8 Å². The Labute approximate surface area is 176 Å². The minimum Gasteiger partial charge on any atom is -0.454 e. The van der Waals surface area contributed by atoms with E-state index in [-0.39, 0.29) is 18.1 Å². The maximum Gasteiger partial charge on any atom is 0.246 e. The van der Waals surface area contributed by atoms with E-state index in [4.69, 9.17) is 9.47 Å². The molecule has 1 aromatic heterocycles. The molecule has 0 saturated carbocycles. The summed E-state index contributed by atoms with van der Waals surface area (Å²) in [6.45, 7) is 8.88. The van der Waals surface area contributed by atoms with Crippen LogP contribution in [0.5, 0.6) is 11.5 Å². The van der Waals surface area contributed by atoms with Crippen LogP contribution in [0, 0.1) is 13.8 Å². The summed E-state index contributed by atoms with van der Waals surface area (Å²) in [5.74, 6) is 2.28. The zero-order valence-corrected chi connectivity index (χ0v) is 18.8. The van der Waals surface area contributed by atoms with Crippen molar-refractivity contribution >= 4 is 21.8 Å². The van der Waals surface area contributed by atoms with Gasteiger partial charge in [0.25, 0.3) is 0 Å². The smallest absolute Gasteiger partial charge is 0.246 e. The number of benzene rings is 1. The Kier molecular flexibility index (Phi) is 5.56. The number of sulfonamides is 1. The molecule has 0 N–H and O–H groups in total. The molecule has 29 heavy (non-hydrogen) atoms. The van der Waals surface area contributed by atoms with Crippen LogP contribution < -0.4 is 9.47 Å². The quantitative estimate of drug-likeness (QED) is 0.727. The molecule has 2 aliphatic rings. The highest BCUT2D eigenvalue weighted by Gasteiger charge is 2.33. The first kappa shape index (κ1) is 20.6. The summed E-state index contributed by atoms with van der Waals surface area (Å²) in [5, 5.41) is 4.70. The number of nitrogens with zero attached hydrogens (tertiary/aromatic N) is 3. The fourth-order valence-corrected chi connectivity index (χ4v) is 7.18. The van der Waals surface area contributed by atoms with Gasteiger partial charge in [0.05, 0.1) is 11.4 Å². The molecule has 2 aliphatic heterocycles. The molecule has 1 atom stereocenters. The van der Waals surface area contributed by atoms with Crippen molar-refractivity contribution in [3.05, 3.63) is 35.2 Å². The predicted molar refractivity (Wildman–Crippen MR) is 113 cm³/mol. The van der Waals surface area contributed by atoms with E-state index in [9.17, 15) is 8.42 Å². The third kappa shape index (κ3) is 3.75. The molecule has 158 valence electrons. The predicted octanol–water partition coefficient (Wildman–Crippen LogP) is 3.68. The molecular formula is C20H27N3O4S2. The zero-order chi connectivity index (χ0) is 20.8. The summed E-state index contributed by atoms with van der Waals surface area (Å²) >= 11 is 1.79. The Morgan fingerprint density at radius 1 is 1.17 bits per heavy atom. The summed E-state index contributed by atoms with van der Waals surface area (Å²) in [6, 6.07) is 6.12. The average Bonchev–Trinajstić information content (AvgIpc) is 3.15. The van der Waals surface area contributed by atoms with Crippen LogP contribution in [0.1, 0.15) is 48.5 Å². The molecule has 0 aliphatic carbocycles. The summed E-state index contributed by atoms with van der Waals surface area (Å²) in [7, 11) is -3.58. The van der Waals surface area contributed by atoms with Crippen LogP contribution >= 0.6 is 11.8 Å². The van der Waals surface area contributed by atoms with E-state index in [1.165, 1.54) is 0 Å². The van der Waals surface area contributed by atoms with Crippen LogP contribution in [0.25, 0.3) is 0 Å². The lowest BCUT2D eigenvalue weighted by Crippen LogP contribution is -2.33. The normalized spacial score (nSPS) is 20.2. The summed E-state index contributed by atoms with van der Waals surface area (Å²) in [6.07, 6.45) is 0.750. The molecule has 1 fully saturated rings. The van der Waals surface area contributed by atoms with Crippen molar-refractivity contribution in [2.24, 2.45) is 0 Å². The Bertz CT molecular complexity index is 1020. The van der Waals surface area contributed by atoms with E-state index in [1.807, 2.05) is 32.9 Å². The van der Waals surface area contributed by atoms with Gasteiger partial charge in [0.1, 0.15) is 4.90 Å². The molecule has 3 heterocycles. The molecule has 2 aromatic rings. The van der Waals surface area contributed by atoms with Gasteiger partial charge in [-0.15, -0.1) is 0 Å². The molecule has 7 nitrogen and oxygen atoms in total.